The van der Waals surface area contributed by atoms with Gasteiger partial charge in [0.15, 0.2) is 11.5 Å². The van der Waals surface area contributed by atoms with E-state index in [-0.39, 0.29) is 12.0 Å². The molecule has 10 nitrogen and oxygen atoms in total. The Morgan fingerprint density at radius 2 is 2.11 bits per heavy atom. The summed E-state index contributed by atoms with van der Waals surface area (Å²) in [6.45, 7) is 6.82. The number of amides is 1. The molecule has 28 heavy (non-hydrogen) atoms. The van der Waals surface area contributed by atoms with Gasteiger partial charge in [-0.05, 0) is 27.2 Å². The Labute approximate surface area is 162 Å². The third-order valence-corrected chi connectivity index (χ3v) is 4.51. The van der Waals surface area contributed by atoms with Crippen LogP contribution in [0.5, 0.6) is 0 Å². The van der Waals surface area contributed by atoms with Gasteiger partial charge in [0.1, 0.15) is 11.9 Å². The number of carbonyl (C=O) groups is 1. The van der Waals surface area contributed by atoms with E-state index in [1.54, 1.807) is 20.3 Å². The van der Waals surface area contributed by atoms with Crippen LogP contribution < -0.4 is 5.32 Å². The number of aryl methyl sites for hydroxylation is 1. The molecule has 1 aliphatic heterocycles. The molecule has 10 heteroatoms. The van der Waals surface area contributed by atoms with Gasteiger partial charge < -0.3 is 15.0 Å². The lowest BCUT2D eigenvalue weighted by atomic mass is 10.1. The fourth-order valence-corrected chi connectivity index (χ4v) is 3.24. The van der Waals surface area contributed by atoms with Gasteiger partial charge in [-0.2, -0.15) is 10.2 Å². The average molecular weight is 384 g/mol. The first-order valence-electron chi connectivity index (χ1n) is 9.22. The maximum atomic E-state index is 12.4. The summed E-state index contributed by atoms with van der Waals surface area (Å²) in [5.74, 6) is 0.717. The lowest BCUT2D eigenvalue weighted by Crippen LogP contribution is -2.35. The van der Waals surface area contributed by atoms with E-state index in [4.69, 9.17) is 9.72 Å². The molecule has 1 fully saturated rings. The van der Waals surface area contributed by atoms with Crippen LogP contribution in [0.2, 0.25) is 0 Å². The number of fused-ring (bicyclic) bond motifs is 1. The number of nitrogens with zero attached hydrogens (tertiary/aromatic N) is 7. The van der Waals surface area contributed by atoms with Crippen LogP contribution in [0.15, 0.2) is 24.9 Å². The van der Waals surface area contributed by atoms with Crippen LogP contribution in [0, 0.1) is 0 Å². The highest BCUT2D eigenvalue weighted by atomic mass is 16.6. The van der Waals surface area contributed by atoms with Crippen molar-refractivity contribution in [3.63, 3.8) is 0 Å². The van der Waals surface area contributed by atoms with Crippen molar-refractivity contribution in [2.24, 2.45) is 7.05 Å². The molecular weight excluding hydrogens is 360 g/mol. The first kappa shape index (κ1) is 18.2. The lowest BCUT2D eigenvalue weighted by molar-refractivity contribution is 0.0292. The van der Waals surface area contributed by atoms with Crippen LogP contribution in [0.3, 0.4) is 0 Å². The summed E-state index contributed by atoms with van der Waals surface area (Å²) in [5, 5.41) is 11.7. The molecule has 148 valence electrons. The van der Waals surface area contributed by atoms with Gasteiger partial charge in [0.05, 0.1) is 23.8 Å². The van der Waals surface area contributed by atoms with Crippen LogP contribution in [-0.4, -0.2) is 59.0 Å². The molecule has 3 aromatic heterocycles. The Hall–Kier alpha value is -3.17. The molecule has 1 unspecified atom stereocenters. The first-order valence-corrected chi connectivity index (χ1v) is 9.22. The Kier molecular flexibility index (Phi) is 4.40. The summed E-state index contributed by atoms with van der Waals surface area (Å²) in [6, 6.07) is 0. The van der Waals surface area contributed by atoms with Crippen molar-refractivity contribution in [3.8, 4) is 0 Å². The van der Waals surface area contributed by atoms with Gasteiger partial charge in [-0.15, -0.1) is 0 Å². The number of likely N-dealkylation sites (tertiary alicyclic amines) is 1. The monoisotopic (exact) mass is 384 g/mol. The number of nitrogens with one attached hydrogen (secondary N) is 1. The van der Waals surface area contributed by atoms with E-state index in [2.05, 4.69) is 20.5 Å². The number of aromatic nitrogens is 6. The molecule has 1 atom stereocenters. The summed E-state index contributed by atoms with van der Waals surface area (Å²) < 4.78 is 8.90. The third kappa shape index (κ3) is 3.75. The topological polar surface area (TPSA) is 102 Å². The number of rotatable bonds is 3. The van der Waals surface area contributed by atoms with Crippen LogP contribution >= 0.6 is 0 Å². The average Bonchev–Trinajstić information content (AvgIpc) is 3.33. The molecule has 4 rings (SSSR count). The van der Waals surface area contributed by atoms with Crippen molar-refractivity contribution in [3.05, 3.63) is 30.6 Å². The van der Waals surface area contributed by atoms with E-state index in [9.17, 15) is 4.79 Å². The fourth-order valence-electron chi connectivity index (χ4n) is 3.24. The van der Waals surface area contributed by atoms with Crippen molar-refractivity contribution < 1.29 is 9.53 Å². The van der Waals surface area contributed by atoms with Gasteiger partial charge in [0.2, 0.25) is 0 Å². The van der Waals surface area contributed by atoms with Crippen LogP contribution in [-0.2, 0) is 11.8 Å². The third-order valence-electron chi connectivity index (χ3n) is 4.51. The second-order valence-corrected chi connectivity index (χ2v) is 7.98. The number of ether oxygens (including phenoxy) is 1. The highest BCUT2D eigenvalue weighted by molar-refractivity contribution is 5.70. The second kappa shape index (κ2) is 6.77. The van der Waals surface area contributed by atoms with Crippen LogP contribution in [0.25, 0.3) is 5.65 Å². The van der Waals surface area contributed by atoms with Crippen LogP contribution in [0.1, 0.15) is 38.8 Å². The summed E-state index contributed by atoms with van der Waals surface area (Å²) in [6.07, 6.45) is 7.49. The minimum Gasteiger partial charge on any atom is -0.444 e. The van der Waals surface area contributed by atoms with Gasteiger partial charge in [0.25, 0.3) is 0 Å². The standard InChI is InChI=1S/C18H24N8O2/c1-18(2,3)28-17(27)25-6-5-12(8-25)14-10-26-16(19-11-21-26)15(23-14)22-13-7-20-24(4)9-13/h7,9-12H,5-6,8H2,1-4H3,(H,22,23). The van der Waals surface area contributed by atoms with Gasteiger partial charge in [-0.25, -0.2) is 19.3 Å². The van der Waals surface area contributed by atoms with Crippen molar-refractivity contribution in [2.45, 2.75) is 38.7 Å². The van der Waals surface area contributed by atoms with Crippen molar-refractivity contribution in [2.75, 3.05) is 18.4 Å². The van der Waals surface area contributed by atoms with E-state index in [0.717, 1.165) is 17.8 Å². The SMILES string of the molecule is Cn1cc(Nc2nc(C3CCN(C(=O)OC(C)(C)C)C3)cn3ncnc23)cn1. The largest absolute Gasteiger partial charge is 0.444 e. The fraction of sp³-hybridized carbons (Fsp3) is 0.500. The van der Waals surface area contributed by atoms with Gasteiger partial charge >= 0.3 is 6.09 Å². The molecule has 0 saturated carbocycles. The molecule has 0 bridgehead atoms. The first-order chi connectivity index (χ1) is 13.3. The quantitative estimate of drug-likeness (QED) is 0.739. The molecule has 0 spiro atoms. The zero-order chi connectivity index (χ0) is 19.9. The Balaban J connectivity index is 1.57. The number of anilines is 2. The predicted molar refractivity (Wildman–Crippen MR) is 102 cm³/mol. The van der Waals surface area contributed by atoms with E-state index in [1.807, 2.05) is 40.2 Å². The molecule has 0 radical (unpaired) electrons. The zero-order valence-electron chi connectivity index (χ0n) is 16.5. The lowest BCUT2D eigenvalue weighted by Gasteiger charge is -2.24. The van der Waals surface area contributed by atoms with Gasteiger partial charge in [-0.1, -0.05) is 0 Å². The van der Waals surface area contributed by atoms with E-state index >= 15 is 0 Å². The highest BCUT2D eigenvalue weighted by Crippen LogP contribution is 2.29. The molecule has 1 aliphatic rings. The molecule has 3 aromatic rings. The van der Waals surface area contributed by atoms with Crippen molar-refractivity contribution >= 4 is 23.2 Å². The van der Waals surface area contributed by atoms with E-state index < -0.39 is 5.60 Å². The molecule has 4 heterocycles. The minimum absolute atomic E-state index is 0.107. The molecular formula is C18H24N8O2. The second-order valence-electron chi connectivity index (χ2n) is 7.98. The van der Waals surface area contributed by atoms with E-state index in [0.29, 0.717) is 24.6 Å². The zero-order valence-corrected chi connectivity index (χ0v) is 16.5. The van der Waals surface area contributed by atoms with Crippen molar-refractivity contribution in [1.29, 1.82) is 0 Å². The maximum absolute atomic E-state index is 12.4. The molecule has 1 N–H and O–H groups in total. The van der Waals surface area contributed by atoms with Crippen molar-refractivity contribution in [1.82, 2.24) is 34.3 Å². The summed E-state index contributed by atoms with van der Waals surface area (Å²) in [5.41, 5.74) is 1.80. The Bertz CT molecular complexity index is 1000. The predicted octanol–water partition coefficient (Wildman–Crippen LogP) is 2.33. The highest BCUT2D eigenvalue weighted by Gasteiger charge is 2.32. The summed E-state index contributed by atoms with van der Waals surface area (Å²) in [7, 11) is 1.85. The number of carbonyl (C=O) groups excluding carboxylic acids is 1. The summed E-state index contributed by atoms with van der Waals surface area (Å²) in [4.78, 5) is 23.2. The molecule has 0 aromatic carbocycles. The smallest absolute Gasteiger partial charge is 0.410 e. The number of hydrogen-bond acceptors (Lipinski definition) is 7. The van der Waals surface area contributed by atoms with Gasteiger partial charge in [0, 0.05) is 32.3 Å². The molecule has 1 saturated heterocycles. The summed E-state index contributed by atoms with van der Waals surface area (Å²) >= 11 is 0. The van der Waals surface area contributed by atoms with Gasteiger partial charge in [-0.3, -0.25) is 4.68 Å². The maximum Gasteiger partial charge on any atom is 0.410 e. The van der Waals surface area contributed by atoms with Crippen LogP contribution in [0.4, 0.5) is 16.3 Å². The normalized spacial score (nSPS) is 17.3. The van der Waals surface area contributed by atoms with E-state index in [1.165, 1.54) is 6.33 Å². The minimum atomic E-state index is -0.506. The molecule has 0 aliphatic carbocycles. The number of hydrogen-bond donors (Lipinski definition) is 1. The Morgan fingerprint density at radius 1 is 1.29 bits per heavy atom. The molecule has 1 amide bonds. The Morgan fingerprint density at radius 3 is 2.82 bits per heavy atom.